The van der Waals surface area contributed by atoms with Gasteiger partial charge in [0.05, 0.1) is 6.54 Å². The molecule has 1 aromatic heterocycles. The number of nitrogens with zero attached hydrogens (tertiary/aromatic N) is 4. The van der Waals surface area contributed by atoms with Gasteiger partial charge in [-0.05, 0) is 64.9 Å². The summed E-state index contributed by atoms with van der Waals surface area (Å²) in [6.07, 6.45) is -7.49. The number of hydrogen-bond acceptors (Lipinski definition) is 6. The normalized spacial score (nSPS) is 24.9. The molecule has 7 nitrogen and oxygen atoms in total. The Morgan fingerprint density at radius 2 is 1.67 bits per heavy atom. The van der Waals surface area contributed by atoms with Gasteiger partial charge in [-0.1, -0.05) is 6.07 Å². The van der Waals surface area contributed by atoms with E-state index in [1.165, 1.54) is 6.07 Å². The summed E-state index contributed by atoms with van der Waals surface area (Å²) in [7, 11) is 0. The van der Waals surface area contributed by atoms with Crippen molar-refractivity contribution < 1.29 is 50.1 Å². The number of aliphatic hydroxyl groups is 2. The summed E-state index contributed by atoms with van der Waals surface area (Å²) in [4.78, 5) is 0. The Morgan fingerprint density at radius 3 is 2.23 bits per heavy atom. The molecule has 6 rings (SSSR count). The van der Waals surface area contributed by atoms with Crippen LogP contribution in [0.3, 0.4) is 0 Å². The van der Waals surface area contributed by atoms with Crippen molar-refractivity contribution in [3.63, 3.8) is 0 Å². The molecule has 2 N–H and O–H groups in total. The van der Waals surface area contributed by atoms with E-state index in [9.17, 15) is 31.4 Å². The van der Waals surface area contributed by atoms with Crippen molar-refractivity contribution in [3.8, 4) is 5.75 Å². The van der Waals surface area contributed by atoms with Crippen LogP contribution in [0.2, 0.25) is 0 Å². The highest BCUT2D eigenvalue weighted by molar-refractivity contribution is 5.45. The molecule has 0 aliphatic heterocycles. The molecule has 3 fully saturated rings. The summed E-state index contributed by atoms with van der Waals surface area (Å²) < 4.78 is 118. The van der Waals surface area contributed by atoms with E-state index in [0.29, 0.717) is 11.6 Å². The number of halogens is 8. The standard InChI is InChI=1S/C24H20F8N4O3/c25-14-2-3-15(16(26)6-14)22(38,11-36-12-33-34-35-36)24(31,32)21-8-20(9-21,10-21)13-1-4-18(17(27)5-13)39-7-19(37)23(28,29)30/h1-6,12,19,37-38H,7-11H2/t19-,20?,21?,22?/m1/s1. The van der Waals surface area contributed by atoms with E-state index >= 15 is 8.78 Å². The summed E-state index contributed by atoms with van der Waals surface area (Å²) in [5.74, 6) is -8.01. The molecule has 0 saturated heterocycles. The highest BCUT2D eigenvalue weighted by Gasteiger charge is 2.82. The second-order valence-electron chi connectivity index (χ2n) is 10.2. The van der Waals surface area contributed by atoms with Crippen LogP contribution < -0.4 is 4.74 Å². The van der Waals surface area contributed by atoms with E-state index in [1.54, 1.807) is 0 Å². The van der Waals surface area contributed by atoms with E-state index in [2.05, 4.69) is 15.5 Å². The van der Waals surface area contributed by atoms with Gasteiger partial charge in [-0.3, -0.25) is 0 Å². The highest BCUT2D eigenvalue weighted by atomic mass is 19.4. The number of ether oxygens (including phenoxy) is 1. The third-order valence-electron chi connectivity index (χ3n) is 7.69. The lowest BCUT2D eigenvalue weighted by molar-refractivity contribution is -0.347. The largest absolute Gasteiger partial charge is 0.487 e. The minimum atomic E-state index is -4.95. The summed E-state index contributed by atoms with van der Waals surface area (Å²) >= 11 is 0. The first-order chi connectivity index (χ1) is 18.1. The first-order valence-electron chi connectivity index (χ1n) is 11.6. The van der Waals surface area contributed by atoms with Crippen LogP contribution in [0.4, 0.5) is 35.1 Å². The summed E-state index contributed by atoms with van der Waals surface area (Å²) in [5, 5.41) is 30.5. The monoisotopic (exact) mass is 564 g/mol. The molecular formula is C24H20F8N4O3. The zero-order chi connectivity index (χ0) is 28.4. The Hall–Kier alpha value is -3.33. The third kappa shape index (κ3) is 4.22. The van der Waals surface area contributed by atoms with Crippen LogP contribution >= 0.6 is 0 Å². The fourth-order valence-electron chi connectivity index (χ4n) is 5.74. The molecule has 210 valence electrons. The minimum Gasteiger partial charge on any atom is -0.487 e. The molecule has 2 aromatic carbocycles. The molecule has 3 aliphatic carbocycles. The maximum atomic E-state index is 16.2. The molecule has 3 aliphatic rings. The van der Waals surface area contributed by atoms with Crippen LogP contribution in [0, 0.1) is 22.9 Å². The smallest absolute Gasteiger partial charge is 0.417 e. The Balaban J connectivity index is 1.38. The summed E-state index contributed by atoms with van der Waals surface area (Å²) in [5.41, 5.74) is -6.48. The van der Waals surface area contributed by atoms with E-state index in [4.69, 9.17) is 9.84 Å². The first-order valence-corrected chi connectivity index (χ1v) is 11.6. The summed E-state index contributed by atoms with van der Waals surface area (Å²) in [6.45, 7) is -2.19. The molecule has 0 amide bonds. The maximum absolute atomic E-state index is 16.2. The zero-order valence-corrected chi connectivity index (χ0v) is 19.8. The Labute approximate surface area is 215 Å². The Morgan fingerprint density at radius 1 is 0.974 bits per heavy atom. The van der Waals surface area contributed by atoms with E-state index in [1.807, 2.05) is 0 Å². The lowest BCUT2D eigenvalue weighted by Crippen LogP contribution is -2.76. The number of tetrazole rings is 1. The van der Waals surface area contributed by atoms with Crippen molar-refractivity contribution in [2.45, 2.75) is 55.0 Å². The number of aliphatic hydroxyl groups excluding tert-OH is 1. The van der Waals surface area contributed by atoms with Crippen molar-refractivity contribution in [3.05, 3.63) is 71.3 Å². The first kappa shape index (κ1) is 27.2. The molecule has 15 heteroatoms. The molecular weight excluding hydrogens is 544 g/mol. The molecule has 0 radical (unpaired) electrons. The predicted octanol–water partition coefficient (Wildman–Crippen LogP) is 4.04. The number of rotatable bonds is 9. The summed E-state index contributed by atoms with van der Waals surface area (Å²) in [6, 6.07) is 5.17. The van der Waals surface area contributed by atoms with E-state index in [-0.39, 0.29) is 19.3 Å². The molecule has 2 atom stereocenters. The second-order valence-corrected chi connectivity index (χ2v) is 10.2. The molecule has 0 spiro atoms. The molecule has 3 aromatic rings. The lowest BCUT2D eigenvalue weighted by atomic mass is 9.30. The number of benzene rings is 2. The van der Waals surface area contributed by atoms with Crippen molar-refractivity contribution in [1.29, 1.82) is 0 Å². The fraction of sp³-hybridized carbons (Fsp3) is 0.458. The van der Waals surface area contributed by atoms with Gasteiger partial charge in [-0.15, -0.1) is 5.10 Å². The molecule has 2 bridgehead atoms. The Kier molecular flexibility index (Phi) is 6.18. The second kappa shape index (κ2) is 8.84. The van der Waals surface area contributed by atoms with Crippen LogP contribution in [0.25, 0.3) is 0 Å². The van der Waals surface area contributed by atoms with Gasteiger partial charge in [0, 0.05) is 17.0 Å². The number of hydrogen-bond donors (Lipinski definition) is 2. The van der Waals surface area contributed by atoms with Crippen LogP contribution in [0.15, 0.2) is 42.7 Å². The van der Waals surface area contributed by atoms with Crippen LogP contribution in [0.1, 0.15) is 30.4 Å². The Bertz CT molecular complexity index is 1360. The van der Waals surface area contributed by atoms with Crippen LogP contribution in [0.5, 0.6) is 5.75 Å². The van der Waals surface area contributed by atoms with Crippen LogP contribution in [-0.2, 0) is 17.6 Å². The van der Waals surface area contributed by atoms with Gasteiger partial charge in [0.25, 0.3) is 5.92 Å². The number of alkyl halides is 5. The van der Waals surface area contributed by atoms with Gasteiger partial charge in [-0.25, -0.2) is 26.6 Å². The van der Waals surface area contributed by atoms with Gasteiger partial charge >= 0.3 is 6.18 Å². The number of aromatic nitrogens is 4. The third-order valence-corrected chi connectivity index (χ3v) is 7.69. The van der Waals surface area contributed by atoms with Gasteiger partial charge in [0.1, 0.15) is 24.6 Å². The van der Waals surface area contributed by atoms with Gasteiger partial charge in [-0.2, -0.15) is 13.2 Å². The highest BCUT2D eigenvalue weighted by Crippen LogP contribution is 2.80. The molecule has 39 heavy (non-hydrogen) atoms. The topological polar surface area (TPSA) is 93.3 Å². The molecule has 1 unspecified atom stereocenters. The van der Waals surface area contributed by atoms with E-state index < -0.39 is 76.6 Å². The van der Waals surface area contributed by atoms with Crippen molar-refractivity contribution >= 4 is 0 Å². The lowest BCUT2D eigenvalue weighted by Gasteiger charge is -2.74. The van der Waals surface area contributed by atoms with E-state index in [0.717, 1.165) is 35.3 Å². The van der Waals surface area contributed by atoms with Gasteiger partial charge in [0.2, 0.25) is 0 Å². The quantitative estimate of drug-likeness (QED) is 0.382. The maximum Gasteiger partial charge on any atom is 0.417 e. The minimum absolute atomic E-state index is 0.222. The molecule has 1 heterocycles. The van der Waals surface area contributed by atoms with Gasteiger partial charge < -0.3 is 14.9 Å². The zero-order valence-electron chi connectivity index (χ0n) is 19.8. The van der Waals surface area contributed by atoms with Crippen LogP contribution in [-0.4, -0.2) is 55.2 Å². The van der Waals surface area contributed by atoms with Crippen molar-refractivity contribution in [2.75, 3.05) is 6.61 Å². The van der Waals surface area contributed by atoms with Crippen molar-refractivity contribution in [1.82, 2.24) is 20.2 Å². The predicted molar refractivity (Wildman–Crippen MR) is 115 cm³/mol. The SMILES string of the molecule is O[C@H](COc1ccc(C23CC(C(F)(F)C(O)(Cn4cnnn4)c4ccc(F)cc4F)(C2)C3)cc1F)C(F)(F)F. The van der Waals surface area contributed by atoms with Gasteiger partial charge in [0.15, 0.2) is 23.3 Å². The average Bonchev–Trinajstić information content (AvgIpc) is 3.28. The van der Waals surface area contributed by atoms with Crippen molar-refractivity contribution in [2.24, 2.45) is 5.41 Å². The molecule has 3 saturated carbocycles. The fourth-order valence-corrected chi connectivity index (χ4v) is 5.74. The average molecular weight is 564 g/mol.